The van der Waals surface area contributed by atoms with E-state index in [0.717, 1.165) is 22.6 Å². The van der Waals surface area contributed by atoms with Crippen molar-refractivity contribution in [2.24, 2.45) is 5.10 Å². The molecule has 0 aliphatic carbocycles. The molecule has 0 fully saturated rings. The first-order chi connectivity index (χ1) is 16.0. The van der Waals surface area contributed by atoms with Gasteiger partial charge >= 0.3 is 0 Å². The Balaban J connectivity index is 1.56. The van der Waals surface area contributed by atoms with Crippen molar-refractivity contribution in [3.8, 4) is 5.75 Å². The predicted octanol–water partition coefficient (Wildman–Crippen LogP) is 5.20. The van der Waals surface area contributed by atoms with Crippen LogP contribution in [0.3, 0.4) is 0 Å². The van der Waals surface area contributed by atoms with E-state index in [1.807, 2.05) is 67.4 Å². The molecule has 1 aliphatic rings. The number of carbonyl (C=O) groups excluding carboxylic acids is 1. The smallest absolute Gasteiger partial charge is 0.257 e. The van der Waals surface area contributed by atoms with E-state index in [4.69, 9.17) is 9.84 Å². The highest BCUT2D eigenvalue weighted by molar-refractivity contribution is 6.03. The largest absolute Gasteiger partial charge is 0.494 e. The molecule has 0 aromatic heterocycles. The molecular weight excluding hydrogens is 410 g/mol. The van der Waals surface area contributed by atoms with Gasteiger partial charge in [0.2, 0.25) is 0 Å². The minimum atomic E-state index is -0.131. The number of benzene rings is 3. The second-order valence-corrected chi connectivity index (χ2v) is 8.53. The van der Waals surface area contributed by atoms with Gasteiger partial charge in [-0.15, -0.1) is 0 Å². The van der Waals surface area contributed by atoms with Gasteiger partial charge < -0.3 is 4.74 Å². The Bertz CT molecular complexity index is 1110. The number of nitrogens with zero attached hydrogens (tertiary/aromatic N) is 3. The van der Waals surface area contributed by atoms with Crippen molar-refractivity contribution < 1.29 is 9.53 Å². The third-order valence-corrected chi connectivity index (χ3v) is 5.79. The van der Waals surface area contributed by atoms with E-state index in [2.05, 4.69) is 37.3 Å². The maximum Gasteiger partial charge on any atom is 0.257 e. The van der Waals surface area contributed by atoms with Crippen LogP contribution in [-0.2, 0) is 11.3 Å². The molecule has 1 unspecified atom stereocenters. The van der Waals surface area contributed by atoms with E-state index < -0.39 is 0 Å². The average Bonchev–Trinajstić information content (AvgIpc) is 3.26. The molecule has 0 N–H and O–H groups in total. The molecule has 1 amide bonds. The number of ether oxygens (including phenoxy) is 1. The molecular formula is C28H31N3O2. The first-order valence-corrected chi connectivity index (χ1v) is 11.5. The Morgan fingerprint density at radius 3 is 2.52 bits per heavy atom. The first-order valence-electron chi connectivity index (χ1n) is 11.5. The lowest BCUT2D eigenvalue weighted by molar-refractivity contribution is -0.134. The Morgan fingerprint density at radius 1 is 1.06 bits per heavy atom. The van der Waals surface area contributed by atoms with E-state index in [1.54, 1.807) is 5.01 Å². The molecule has 1 atom stereocenters. The molecule has 0 radical (unpaired) electrons. The molecule has 5 nitrogen and oxygen atoms in total. The van der Waals surface area contributed by atoms with Gasteiger partial charge in [-0.3, -0.25) is 9.69 Å². The highest BCUT2D eigenvalue weighted by Gasteiger charge is 2.33. The third kappa shape index (κ3) is 5.68. The second kappa shape index (κ2) is 10.5. The van der Waals surface area contributed by atoms with Crippen LogP contribution in [0.5, 0.6) is 5.75 Å². The van der Waals surface area contributed by atoms with Crippen molar-refractivity contribution in [1.82, 2.24) is 9.91 Å². The van der Waals surface area contributed by atoms with Crippen LogP contribution in [0.4, 0.5) is 0 Å². The molecule has 3 aromatic rings. The van der Waals surface area contributed by atoms with E-state index in [1.165, 1.54) is 11.1 Å². The molecule has 1 aliphatic heterocycles. The molecule has 5 heteroatoms. The summed E-state index contributed by atoms with van der Waals surface area (Å²) in [6.07, 6.45) is 0.686. The summed E-state index contributed by atoms with van der Waals surface area (Å²) < 4.78 is 5.59. The van der Waals surface area contributed by atoms with Crippen LogP contribution < -0.4 is 4.74 Å². The predicted molar refractivity (Wildman–Crippen MR) is 132 cm³/mol. The van der Waals surface area contributed by atoms with Crippen molar-refractivity contribution in [2.45, 2.75) is 32.9 Å². The summed E-state index contributed by atoms with van der Waals surface area (Å²) in [4.78, 5) is 15.4. The van der Waals surface area contributed by atoms with Gasteiger partial charge in [-0.1, -0.05) is 72.3 Å². The van der Waals surface area contributed by atoms with Gasteiger partial charge in [-0.05, 0) is 49.7 Å². The van der Waals surface area contributed by atoms with E-state index in [-0.39, 0.29) is 11.9 Å². The summed E-state index contributed by atoms with van der Waals surface area (Å²) in [6, 6.07) is 26.4. The fraction of sp³-hybridized carbons (Fsp3) is 0.286. The fourth-order valence-corrected chi connectivity index (χ4v) is 4.21. The zero-order valence-corrected chi connectivity index (χ0v) is 19.6. The summed E-state index contributed by atoms with van der Waals surface area (Å²) >= 11 is 0. The van der Waals surface area contributed by atoms with Crippen LogP contribution in [0.2, 0.25) is 0 Å². The van der Waals surface area contributed by atoms with Crippen LogP contribution in [0.25, 0.3) is 0 Å². The Hall–Kier alpha value is -3.44. The van der Waals surface area contributed by atoms with Crippen LogP contribution >= 0.6 is 0 Å². The van der Waals surface area contributed by atoms with Gasteiger partial charge in [-0.2, -0.15) is 5.10 Å². The maximum atomic E-state index is 13.4. The molecule has 0 saturated heterocycles. The molecule has 170 valence electrons. The van der Waals surface area contributed by atoms with Gasteiger partial charge in [0.25, 0.3) is 5.91 Å². The van der Waals surface area contributed by atoms with E-state index in [9.17, 15) is 4.79 Å². The highest BCUT2D eigenvalue weighted by atomic mass is 16.5. The molecule has 33 heavy (non-hydrogen) atoms. The first kappa shape index (κ1) is 22.7. The molecule has 0 spiro atoms. The highest BCUT2D eigenvalue weighted by Crippen LogP contribution is 2.34. The summed E-state index contributed by atoms with van der Waals surface area (Å²) in [7, 11) is 1.97. The van der Waals surface area contributed by atoms with Crippen molar-refractivity contribution in [2.75, 3.05) is 20.2 Å². The monoisotopic (exact) mass is 441 g/mol. The number of aryl methyl sites for hydroxylation is 1. The lowest BCUT2D eigenvalue weighted by atomic mass is 9.97. The summed E-state index contributed by atoms with van der Waals surface area (Å²) in [5.74, 6) is 0.828. The van der Waals surface area contributed by atoms with Gasteiger partial charge in [-0.25, -0.2) is 5.01 Å². The van der Waals surface area contributed by atoms with Crippen LogP contribution in [0.15, 0.2) is 84.0 Å². The average molecular weight is 442 g/mol. The van der Waals surface area contributed by atoms with Crippen molar-refractivity contribution in [3.63, 3.8) is 0 Å². The van der Waals surface area contributed by atoms with Gasteiger partial charge in [0.05, 0.1) is 24.9 Å². The Labute approximate surface area is 196 Å². The topological polar surface area (TPSA) is 45.1 Å². The van der Waals surface area contributed by atoms with Gasteiger partial charge in [0, 0.05) is 13.0 Å². The number of hydrogen-bond acceptors (Lipinski definition) is 4. The number of likely N-dealkylation sites (N-methyl/N-ethyl adjacent to an activating group) is 1. The minimum Gasteiger partial charge on any atom is -0.494 e. The lowest BCUT2D eigenvalue weighted by Crippen LogP contribution is -2.36. The van der Waals surface area contributed by atoms with Crippen molar-refractivity contribution >= 4 is 11.6 Å². The Morgan fingerprint density at radius 2 is 1.82 bits per heavy atom. The number of carbonyl (C=O) groups is 1. The standard InChI is InChI=1S/C28H31N3O2/c1-4-33-25-15-13-23(14-16-25)27-18-26(24-12-8-9-21(2)17-24)29-31(27)28(32)20-30(3)19-22-10-6-5-7-11-22/h5-17,27H,4,18-20H2,1-3H3. The van der Waals surface area contributed by atoms with Crippen molar-refractivity contribution in [3.05, 3.63) is 101 Å². The minimum absolute atomic E-state index is 0.00466. The quantitative estimate of drug-likeness (QED) is 0.482. The molecule has 4 rings (SSSR count). The second-order valence-electron chi connectivity index (χ2n) is 8.53. The number of rotatable bonds is 8. The van der Waals surface area contributed by atoms with Gasteiger partial charge in [0.1, 0.15) is 5.75 Å². The van der Waals surface area contributed by atoms with Crippen LogP contribution in [0, 0.1) is 6.92 Å². The van der Waals surface area contributed by atoms with Crippen LogP contribution in [0.1, 0.15) is 41.6 Å². The molecule has 0 saturated carbocycles. The van der Waals surface area contributed by atoms with Crippen LogP contribution in [-0.4, -0.2) is 41.7 Å². The SMILES string of the molecule is CCOc1ccc(C2CC(c3cccc(C)c3)=NN2C(=O)CN(C)Cc2ccccc2)cc1. The fourth-order valence-electron chi connectivity index (χ4n) is 4.21. The molecule has 3 aromatic carbocycles. The summed E-state index contributed by atoms with van der Waals surface area (Å²) in [6.45, 7) is 5.68. The zero-order chi connectivity index (χ0) is 23.2. The number of amides is 1. The summed E-state index contributed by atoms with van der Waals surface area (Å²) in [5, 5.41) is 6.49. The third-order valence-electron chi connectivity index (χ3n) is 5.79. The Kier molecular flexibility index (Phi) is 7.20. The van der Waals surface area contributed by atoms with Crippen molar-refractivity contribution in [1.29, 1.82) is 0 Å². The summed E-state index contributed by atoms with van der Waals surface area (Å²) in [5.41, 5.74) is 5.43. The lowest BCUT2D eigenvalue weighted by Gasteiger charge is -2.25. The molecule has 0 bridgehead atoms. The van der Waals surface area contributed by atoms with E-state index >= 15 is 0 Å². The maximum absolute atomic E-state index is 13.4. The van der Waals surface area contributed by atoms with E-state index in [0.29, 0.717) is 26.1 Å². The van der Waals surface area contributed by atoms with Gasteiger partial charge in [0.15, 0.2) is 0 Å². The molecule has 1 heterocycles. The normalized spacial score (nSPS) is 15.6. The number of hydrazone groups is 1. The number of hydrogen-bond donors (Lipinski definition) is 0. The zero-order valence-electron chi connectivity index (χ0n) is 19.6.